The molecule has 0 saturated heterocycles. The number of aromatic hydroxyl groups is 1. The molecule has 174 valence electrons. The van der Waals surface area contributed by atoms with Crippen LogP contribution in [0.3, 0.4) is 0 Å². The molecule has 1 aromatic heterocycles. The third kappa shape index (κ3) is 4.57. The molecule has 1 amide bonds. The second-order valence-corrected chi connectivity index (χ2v) is 8.69. The smallest absolute Gasteiger partial charge is 0.255 e. The molecule has 0 atom stereocenters. The first-order valence-electron chi connectivity index (χ1n) is 11.2. The van der Waals surface area contributed by atoms with Gasteiger partial charge in [0.2, 0.25) is 0 Å². The maximum atomic E-state index is 13.4. The Kier molecular flexibility index (Phi) is 6.50. The van der Waals surface area contributed by atoms with Crippen molar-refractivity contribution in [1.29, 1.82) is 0 Å². The lowest BCUT2D eigenvalue weighted by atomic mass is 9.95. The molecule has 6 heteroatoms. The van der Waals surface area contributed by atoms with Gasteiger partial charge in [-0.1, -0.05) is 19.9 Å². The monoisotopic (exact) mass is 459 g/mol. The highest BCUT2D eigenvalue weighted by Gasteiger charge is 2.22. The Morgan fingerprint density at radius 3 is 2.38 bits per heavy atom. The number of carbonyl (C=O) groups excluding carboxylic acids is 2. The summed E-state index contributed by atoms with van der Waals surface area (Å²) in [6.07, 6.45) is 1.22. The van der Waals surface area contributed by atoms with E-state index in [2.05, 4.69) is 19.2 Å². The third-order valence-electron chi connectivity index (χ3n) is 5.83. The van der Waals surface area contributed by atoms with Crippen LogP contribution in [-0.2, 0) is 0 Å². The zero-order valence-corrected chi connectivity index (χ0v) is 19.3. The molecule has 3 aromatic carbocycles. The Bertz CT molecular complexity index is 1370. The molecule has 2 N–H and O–H groups in total. The first kappa shape index (κ1) is 23.2. The molecule has 0 bridgehead atoms. The number of hydrogen-bond donors (Lipinski definition) is 2. The van der Waals surface area contributed by atoms with Crippen LogP contribution in [0, 0.1) is 11.7 Å². The molecule has 0 saturated carbocycles. The van der Waals surface area contributed by atoms with Gasteiger partial charge in [-0.3, -0.25) is 9.59 Å². The number of Topliss-reactive ketones (excluding diaryl/α,β-unsaturated/α-hetero) is 1. The first-order chi connectivity index (χ1) is 16.3. The van der Waals surface area contributed by atoms with Crippen molar-refractivity contribution in [3.63, 3.8) is 0 Å². The fourth-order valence-electron chi connectivity index (χ4n) is 3.92. The summed E-state index contributed by atoms with van der Waals surface area (Å²) in [6.45, 7) is 4.14. The Balaban J connectivity index is 1.82. The Labute approximate surface area is 197 Å². The number of benzene rings is 3. The third-order valence-corrected chi connectivity index (χ3v) is 5.83. The second kappa shape index (κ2) is 9.51. The van der Waals surface area contributed by atoms with Crippen molar-refractivity contribution in [2.45, 2.75) is 26.7 Å². The number of halogens is 1. The molecule has 4 rings (SSSR count). The van der Waals surface area contributed by atoms with Gasteiger partial charge >= 0.3 is 0 Å². The SMILES string of the molecule is CNC(=O)c1c(-c2ccc(F)cc2)oc2ccc(-c3cc(C(=O)CCC(C)C)ccc3O)cc12. The fraction of sp³-hybridized carbons (Fsp3) is 0.214. The molecule has 1 heterocycles. The Morgan fingerprint density at radius 2 is 1.71 bits per heavy atom. The molecule has 0 radical (unpaired) electrons. The highest BCUT2D eigenvalue weighted by atomic mass is 19.1. The second-order valence-electron chi connectivity index (χ2n) is 8.69. The molecule has 0 aliphatic carbocycles. The molecule has 5 nitrogen and oxygen atoms in total. The zero-order chi connectivity index (χ0) is 24.4. The molecule has 0 unspecified atom stereocenters. The van der Waals surface area contributed by atoms with Gasteiger partial charge < -0.3 is 14.8 Å². The molecular weight excluding hydrogens is 433 g/mol. The van der Waals surface area contributed by atoms with Gasteiger partial charge in [-0.2, -0.15) is 0 Å². The Morgan fingerprint density at radius 1 is 1.00 bits per heavy atom. The maximum Gasteiger partial charge on any atom is 0.255 e. The number of carbonyl (C=O) groups is 2. The van der Waals surface area contributed by atoms with Gasteiger partial charge in [0.05, 0.1) is 5.56 Å². The van der Waals surface area contributed by atoms with E-state index in [0.29, 0.717) is 56.9 Å². The van der Waals surface area contributed by atoms with Gasteiger partial charge in [-0.25, -0.2) is 4.39 Å². The van der Waals surface area contributed by atoms with Crippen LogP contribution < -0.4 is 5.32 Å². The predicted octanol–water partition coefficient (Wildman–Crippen LogP) is 6.59. The lowest BCUT2D eigenvalue weighted by Crippen LogP contribution is -2.18. The molecule has 34 heavy (non-hydrogen) atoms. The van der Waals surface area contributed by atoms with Gasteiger partial charge in [0.15, 0.2) is 5.78 Å². The largest absolute Gasteiger partial charge is 0.507 e. The predicted molar refractivity (Wildman–Crippen MR) is 131 cm³/mol. The minimum atomic E-state index is -0.387. The van der Waals surface area contributed by atoms with Crippen molar-refractivity contribution in [2.75, 3.05) is 7.05 Å². The minimum Gasteiger partial charge on any atom is -0.507 e. The van der Waals surface area contributed by atoms with E-state index in [1.54, 1.807) is 42.5 Å². The summed E-state index contributed by atoms with van der Waals surface area (Å²) in [5.74, 6) is 0.0577. The van der Waals surface area contributed by atoms with Crippen molar-refractivity contribution in [2.24, 2.45) is 5.92 Å². The summed E-state index contributed by atoms with van der Waals surface area (Å²) in [5, 5.41) is 13.7. The van der Waals surface area contributed by atoms with Crippen molar-refractivity contribution in [3.8, 4) is 28.2 Å². The van der Waals surface area contributed by atoms with Gasteiger partial charge in [0, 0.05) is 35.5 Å². The van der Waals surface area contributed by atoms with Crippen LogP contribution >= 0.6 is 0 Å². The van der Waals surface area contributed by atoms with E-state index in [4.69, 9.17) is 4.42 Å². The topological polar surface area (TPSA) is 79.5 Å². The number of ketones is 1. The molecule has 0 aliphatic heterocycles. The van der Waals surface area contributed by atoms with Crippen LogP contribution in [0.1, 0.15) is 47.4 Å². The van der Waals surface area contributed by atoms with E-state index in [1.807, 2.05) is 0 Å². The van der Waals surface area contributed by atoms with Crippen LogP contribution in [0.4, 0.5) is 4.39 Å². The average molecular weight is 460 g/mol. The average Bonchev–Trinajstić information content (AvgIpc) is 3.21. The molecule has 0 fully saturated rings. The van der Waals surface area contributed by atoms with Gasteiger partial charge in [-0.15, -0.1) is 0 Å². The fourth-order valence-corrected chi connectivity index (χ4v) is 3.92. The number of phenols is 1. The minimum absolute atomic E-state index is 0.0176. The summed E-state index contributed by atoms with van der Waals surface area (Å²) in [5.41, 5.74) is 3.02. The van der Waals surface area contributed by atoms with Crippen LogP contribution in [-0.4, -0.2) is 23.8 Å². The molecular formula is C28H26FNO4. The van der Waals surface area contributed by atoms with E-state index < -0.39 is 0 Å². The van der Waals surface area contributed by atoms with Crippen LogP contribution in [0.25, 0.3) is 33.4 Å². The number of hydrogen-bond acceptors (Lipinski definition) is 4. The summed E-state index contributed by atoms with van der Waals surface area (Å²) in [6, 6.07) is 15.8. The number of furan rings is 1. The molecule has 0 spiro atoms. The summed E-state index contributed by atoms with van der Waals surface area (Å²) >= 11 is 0. The van der Waals surface area contributed by atoms with Crippen molar-refractivity contribution < 1.29 is 23.5 Å². The van der Waals surface area contributed by atoms with Gasteiger partial charge in [0.25, 0.3) is 5.91 Å². The number of fused-ring (bicyclic) bond motifs is 1. The maximum absolute atomic E-state index is 13.4. The first-order valence-corrected chi connectivity index (χ1v) is 11.2. The van der Waals surface area contributed by atoms with Crippen molar-refractivity contribution in [3.05, 3.63) is 77.6 Å². The molecule has 0 aliphatic rings. The van der Waals surface area contributed by atoms with E-state index in [1.165, 1.54) is 25.2 Å². The van der Waals surface area contributed by atoms with E-state index in [9.17, 15) is 19.1 Å². The summed E-state index contributed by atoms with van der Waals surface area (Å²) in [7, 11) is 1.53. The summed E-state index contributed by atoms with van der Waals surface area (Å²) < 4.78 is 19.4. The highest BCUT2D eigenvalue weighted by molar-refractivity contribution is 6.12. The van der Waals surface area contributed by atoms with E-state index in [0.717, 1.165) is 6.42 Å². The van der Waals surface area contributed by atoms with Crippen LogP contribution in [0.5, 0.6) is 5.75 Å². The van der Waals surface area contributed by atoms with Gasteiger partial charge in [0.1, 0.15) is 22.9 Å². The van der Waals surface area contributed by atoms with Crippen molar-refractivity contribution >= 4 is 22.7 Å². The number of phenolic OH excluding ortho intramolecular Hbond substituents is 1. The highest BCUT2D eigenvalue weighted by Crippen LogP contribution is 2.38. The van der Waals surface area contributed by atoms with Gasteiger partial charge in [-0.05, 0) is 72.5 Å². The van der Waals surface area contributed by atoms with E-state index >= 15 is 0 Å². The number of rotatable bonds is 7. The lowest BCUT2D eigenvalue weighted by Gasteiger charge is -2.09. The lowest BCUT2D eigenvalue weighted by molar-refractivity contribution is 0.0960. The standard InChI is InChI=1S/C28H26FNO4/c1-16(2)4-11-23(31)19-7-12-24(32)21(15-19)18-8-13-25-22(14-18)26(28(33)30-3)27(34-25)17-5-9-20(29)10-6-17/h5-10,12-16,32H,4,11H2,1-3H3,(H,30,33). The summed E-state index contributed by atoms with van der Waals surface area (Å²) in [4.78, 5) is 25.4. The molecule has 4 aromatic rings. The number of amides is 1. The normalized spacial score (nSPS) is 11.2. The van der Waals surface area contributed by atoms with Crippen LogP contribution in [0.2, 0.25) is 0 Å². The van der Waals surface area contributed by atoms with Crippen LogP contribution in [0.15, 0.2) is 65.1 Å². The quantitative estimate of drug-likeness (QED) is 0.306. The number of nitrogens with one attached hydrogen (secondary N) is 1. The van der Waals surface area contributed by atoms with E-state index in [-0.39, 0.29) is 23.3 Å². The zero-order valence-electron chi connectivity index (χ0n) is 19.3. The Hall–Kier alpha value is -3.93. The van der Waals surface area contributed by atoms with Crippen molar-refractivity contribution in [1.82, 2.24) is 5.32 Å².